The second-order valence-corrected chi connectivity index (χ2v) is 9.88. The van der Waals surface area contributed by atoms with E-state index in [2.05, 4.69) is 4.72 Å². The fourth-order valence-corrected chi connectivity index (χ4v) is 5.11. The molecule has 0 radical (unpaired) electrons. The third kappa shape index (κ3) is 5.67. The van der Waals surface area contributed by atoms with Crippen LogP contribution in [0.5, 0.6) is 11.5 Å². The maximum atomic E-state index is 14.0. The third-order valence-electron chi connectivity index (χ3n) is 5.91. The molecule has 0 spiro atoms. The van der Waals surface area contributed by atoms with E-state index in [0.29, 0.717) is 19.5 Å². The standard InChI is InChI=1S/C26H25FN2O7S/c1-34-23-14-19(37(32,33)28-22-10-6-5-9-21(22)27)13-20(25(23)35-2)26(31)36-16-24(30)29-12-11-17-7-3-4-8-18(17)15-29/h3-10,13-14,28H,11-12,15-16H2,1-2H3. The number of nitrogens with one attached hydrogen (secondary N) is 1. The topological polar surface area (TPSA) is 111 Å². The van der Waals surface area contributed by atoms with Gasteiger partial charge in [-0.1, -0.05) is 36.4 Å². The molecule has 37 heavy (non-hydrogen) atoms. The first kappa shape index (κ1) is 26.0. The number of amides is 1. The highest BCUT2D eigenvalue weighted by Crippen LogP contribution is 2.35. The highest BCUT2D eigenvalue weighted by Gasteiger charge is 2.27. The second kappa shape index (κ2) is 10.9. The lowest BCUT2D eigenvalue weighted by Crippen LogP contribution is -2.38. The zero-order valence-electron chi connectivity index (χ0n) is 20.2. The van der Waals surface area contributed by atoms with Crippen molar-refractivity contribution in [2.24, 2.45) is 0 Å². The maximum Gasteiger partial charge on any atom is 0.342 e. The summed E-state index contributed by atoms with van der Waals surface area (Å²) >= 11 is 0. The summed E-state index contributed by atoms with van der Waals surface area (Å²) in [6.07, 6.45) is 0.690. The van der Waals surface area contributed by atoms with Gasteiger partial charge in [-0.2, -0.15) is 0 Å². The van der Waals surface area contributed by atoms with Gasteiger partial charge < -0.3 is 19.1 Å². The Morgan fingerprint density at radius 1 is 1.00 bits per heavy atom. The Morgan fingerprint density at radius 2 is 1.70 bits per heavy atom. The number of benzene rings is 3. The van der Waals surface area contributed by atoms with Gasteiger partial charge in [-0.3, -0.25) is 9.52 Å². The van der Waals surface area contributed by atoms with E-state index in [4.69, 9.17) is 14.2 Å². The average Bonchev–Trinajstić information content (AvgIpc) is 2.91. The number of sulfonamides is 1. The number of nitrogens with zero attached hydrogens (tertiary/aromatic N) is 1. The van der Waals surface area contributed by atoms with E-state index in [9.17, 15) is 22.4 Å². The summed E-state index contributed by atoms with van der Waals surface area (Å²) < 4.78 is 57.9. The molecule has 11 heteroatoms. The number of hydrogen-bond acceptors (Lipinski definition) is 7. The number of rotatable bonds is 8. The molecular weight excluding hydrogens is 503 g/mol. The van der Waals surface area contributed by atoms with Crippen LogP contribution in [0.2, 0.25) is 0 Å². The van der Waals surface area contributed by atoms with Crippen molar-refractivity contribution in [2.75, 3.05) is 32.1 Å². The van der Waals surface area contributed by atoms with E-state index in [1.807, 2.05) is 24.3 Å². The highest BCUT2D eigenvalue weighted by molar-refractivity contribution is 7.92. The number of methoxy groups -OCH3 is 2. The Hall–Kier alpha value is -4.12. The van der Waals surface area contributed by atoms with Gasteiger partial charge >= 0.3 is 5.97 Å². The average molecular weight is 529 g/mol. The van der Waals surface area contributed by atoms with E-state index in [0.717, 1.165) is 23.8 Å². The molecule has 0 atom stereocenters. The van der Waals surface area contributed by atoms with Crippen molar-refractivity contribution in [3.63, 3.8) is 0 Å². The van der Waals surface area contributed by atoms with Crippen LogP contribution in [0.25, 0.3) is 0 Å². The van der Waals surface area contributed by atoms with Crippen molar-refractivity contribution in [3.8, 4) is 11.5 Å². The lowest BCUT2D eigenvalue weighted by Gasteiger charge is -2.28. The summed E-state index contributed by atoms with van der Waals surface area (Å²) in [5.74, 6) is -2.28. The molecule has 0 saturated heterocycles. The van der Waals surface area contributed by atoms with Crippen molar-refractivity contribution >= 4 is 27.6 Å². The van der Waals surface area contributed by atoms with Gasteiger partial charge in [0.1, 0.15) is 11.4 Å². The molecule has 1 aliphatic heterocycles. The number of anilines is 1. The van der Waals surface area contributed by atoms with Crippen LogP contribution in [0.3, 0.4) is 0 Å². The van der Waals surface area contributed by atoms with Gasteiger partial charge in [-0.05, 0) is 35.7 Å². The normalized spacial score (nSPS) is 12.9. The predicted molar refractivity (Wildman–Crippen MR) is 133 cm³/mol. The molecule has 3 aromatic rings. The lowest BCUT2D eigenvalue weighted by atomic mass is 10.00. The number of esters is 1. The van der Waals surface area contributed by atoms with Crippen molar-refractivity contribution in [3.05, 3.63) is 83.2 Å². The zero-order valence-corrected chi connectivity index (χ0v) is 21.0. The Labute approximate surface area is 213 Å². The van der Waals surface area contributed by atoms with E-state index in [-0.39, 0.29) is 27.6 Å². The van der Waals surface area contributed by atoms with Crippen LogP contribution in [-0.4, -0.2) is 52.6 Å². The van der Waals surface area contributed by atoms with Gasteiger partial charge in [-0.25, -0.2) is 17.6 Å². The number of halogens is 1. The molecule has 0 aromatic heterocycles. The van der Waals surface area contributed by atoms with Gasteiger partial charge in [0.15, 0.2) is 18.1 Å². The zero-order chi connectivity index (χ0) is 26.6. The van der Waals surface area contributed by atoms with Crippen molar-refractivity contribution in [1.29, 1.82) is 0 Å². The van der Waals surface area contributed by atoms with Crippen LogP contribution in [0, 0.1) is 5.82 Å². The molecular formula is C26H25FN2O7S. The van der Waals surface area contributed by atoms with E-state index in [1.54, 1.807) is 4.90 Å². The van der Waals surface area contributed by atoms with Crippen LogP contribution in [0.15, 0.2) is 65.6 Å². The molecule has 1 heterocycles. The van der Waals surface area contributed by atoms with Crippen molar-refractivity contribution in [1.82, 2.24) is 4.90 Å². The Morgan fingerprint density at radius 3 is 2.41 bits per heavy atom. The SMILES string of the molecule is COc1cc(S(=O)(=O)Nc2ccccc2F)cc(C(=O)OCC(=O)N2CCc3ccccc3C2)c1OC. The number of para-hydroxylation sites is 1. The van der Waals surface area contributed by atoms with Gasteiger partial charge in [0.2, 0.25) is 0 Å². The van der Waals surface area contributed by atoms with E-state index < -0.39 is 34.3 Å². The lowest BCUT2D eigenvalue weighted by molar-refractivity contribution is -0.135. The summed E-state index contributed by atoms with van der Waals surface area (Å²) in [7, 11) is -1.79. The highest BCUT2D eigenvalue weighted by atomic mass is 32.2. The molecule has 4 rings (SSSR count). The van der Waals surface area contributed by atoms with Gasteiger partial charge in [0.05, 0.1) is 24.8 Å². The van der Waals surface area contributed by atoms with Crippen LogP contribution in [0.4, 0.5) is 10.1 Å². The molecule has 9 nitrogen and oxygen atoms in total. The molecule has 0 fully saturated rings. The Bertz CT molecular complexity index is 1440. The molecule has 0 unspecified atom stereocenters. The number of ether oxygens (including phenoxy) is 3. The number of fused-ring (bicyclic) bond motifs is 1. The van der Waals surface area contributed by atoms with E-state index >= 15 is 0 Å². The Kier molecular flexibility index (Phi) is 7.63. The summed E-state index contributed by atoms with van der Waals surface area (Å²) in [6, 6.07) is 15.2. The van der Waals surface area contributed by atoms with Crippen LogP contribution >= 0.6 is 0 Å². The second-order valence-electron chi connectivity index (χ2n) is 8.20. The molecule has 0 aliphatic carbocycles. The molecule has 3 aromatic carbocycles. The van der Waals surface area contributed by atoms with Crippen LogP contribution < -0.4 is 14.2 Å². The van der Waals surface area contributed by atoms with Gasteiger partial charge in [0.25, 0.3) is 15.9 Å². The van der Waals surface area contributed by atoms with Crippen LogP contribution in [-0.2, 0) is 32.5 Å². The number of carbonyl (C=O) groups excluding carboxylic acids is 2. The minimum Gasteiger partial charge on any atom is -0.493 e. The molecule has 1 amide bonds. The maximum absolute atomic E-state index is 14.0. The minimum absolute atomic E-state index is 0.0650. The fourth-order valence-electron chi connectivity index (χ4n) is 4.00. The Balaban J connectivity index is 1.54. The first-order valence-corrected chi connectivity index (χ1v) is 12.8. The predicted octanol–water partition coefficient (Wildman–Crippen LogP) is 3.39. The van der Waals surface area contributed by atoms with Gasteiger partial charge in [-0.15, -0.1) is 0 Å². The smallest absolute Gasteiger partial charge is 0.342 e. The summed E-state index contributed by atoms with van der Waals surface area (Å²) in [6.45, 7) is 0.343. The molecule has 1 aliphatic rings. The van der Waals surface area contributed by atoms with Crippen molar-refractivity contribution in [2.45, 2.75) is 17.9 Å². The van der Waals surface area contributed by atoms with Crippen LogP contribution in [0.1, 0.15) is 21.5 Å². The monoisotopic (exact) mass is 528 g/mol. The molecule has 0 saturated carbocycles. The number of carbonyl (C=O) groups is 2. The van der Waals surface area contributed by atoms with E-state index in [1.165, 1.54) is 38.0 Å². The minimum atomic E-state index is -4.33. The first-order valence-electron chi connectivity index (χ1n) is 11.3. The quantitative estimate of drug-likeness (QED) is 0.446. The first-order chi connectivity index (χ1) is 17.7. The molecule has 194 valence electrons. The summed E-state index contributed by atoms with van der Waals surface area (Å²) in [4.78, 5) is 26.9. The third-order valence-corrected chi connectivity index (χ3v) is 7.26. The van der Waals surface area contributed by atoms with Crippen molar-refractivity contribution < 1.29 is 36.6 Å². The van der Waals surface area contributed by atoms with Gasteiger partial charge in [0, 0.05) is 19.2 Å². The summed E-state index contributed by atoms with van der Waals surface area (Å²) in [5, 5.41) is 0. The number of hydrogen-bond donors (Lipinski definition) is 1. The summed E-state index contributed by atoms with van der Waals surface area (Å²) in [5.41, 5.74) is 1.66. The fraction of sp³-hybridized carbons (Fsp3) is 0.231. The molecule has 1 N–H and O–H groups in total. The molecule has 0 bridgehead atoms. The largest absolute Gasteiger partial charge is 0.493 e.